The molecule has 0 saturated carbocycles. The van der Waals surface area contributed by atoms with Crippen molar-refractivity contribution in [3.05, 3.63) is 41.6 Å². The Morgan fingerprint density at radius 3 is 2.68 bits per heavy atom. The van der Waals surface area contributed by atoms with Gasteiger partial charge in [0.25, 0.3) is 5.91 Å². The molecule has 0 aliphatic carbocycles. The second kappa shape index (κ2) is 10.2. The van der Waals surface area contributed by atoms with Crippen molar-refractivity contribution in [2.24, 2.45) is 0 Å². The Hall–Kier alpha value is -2.79. The molecule has 0 aliphatic heterocycles. The van der Waals surface area contributed by atoms with Crippen LogP contribution in [0.4, 0.5) is 5.69 Å². The Balaban J connectivity index is 2.83. The van der Waals surface area contributed by atoms with E-state index in [-0.39, 0.29) is 17.8 Å². The zero-order chi connectivity index (χ0) is 18.8. The molecule has 25 heavy (non-hydrogen) atoms. The topological polar surface area (TPSA) is 119 Å². The minimum atomic E-state index is -1.15. The van der Waals surface area contributed by atoms with Gasteiger partial charge in [0.1, 0.15) is 17.7 Å². The number of carboxylic acid groups (broad SMARTS) is 1. The molecular weight excluding hydrogens is 342 g/mol. The average molecular weight is 361 g/mol. The van der Waals surface area contributed by atoms with Crippen LogP contribution in [0.1, 0.15) is 23.7 Å². The molecule has 0 fully saturated rings. The lowest BCUT2D eigenvalue weighted by Gasteiger charge is -2.13. The molecule has 0 bridgehead atoms. The number of nitrogens with zero attached hydrogens (tertiary/aromatic N) is 1. The number of Topliss-reactive ketones (excluding diaryl/α,β-unsaturated/α-hetero) is 1. The Labute approximate surface area is 150 Å². The number of carbonyl (C=O) groups is 3. The molecule has 0 aromatic heterocycles. The van der Waals surface area contributed by atoms with Crippen LogP contribution in [0, 0.1) is 11.3 Å². The average Bonchev–Trinajstić information content (AvgIpc) is 2.59. The molecule has 132 valence electrons. The molecule has 1 aromatic rings. The maximum atomic E-state index is 12.1. The van der Waals surface area contributed by atoms with E-state index in [1.54, 1.807) is 30.3 Å². The summed E-state index contributed by atoms with van der Waals surface area (Å²) in [5.74, 6) is -1.46. The molecule has 1 amide bonds. The molecule has 7 nitrogen and oxygen atoms in total. The van der Waals surface area contributed by atoms with Crippen molar-refractivity contribution in [2.45, 2.75) is 19.4 Å². The van der Waals surface area contributed by atoms with Gasteiger partial charge in [0.15, 0.2) is 5.78 Å². The smallest absolute Gasteiger partial charge is 0.326 e. The van der Waals surface area contributed by atoms with Gasteiger partial charge in [-0.25, -0.2) is 4.79 Å². The fourth-order valence-electron chi connectivity index (χ4n) is 1.86. The summed E-state index contributed by atoms with van der Waals surface area (Å²) in [6, 6.07) is 7.26. The summed E-state index contributed by atoms with van der Waals surface area (Å²) >= 11 is 1.47. The maximum absolute atomic E-state index is 12.1. The fourth-order valence-corrected chi connectivity index (χ4v) is 2.33. The Morgan fingerprint density at radius 1 is 1.40 bits per heavy atom. The highest BCUT2D eigenvalue weighted by Crippen LogP contribution is 2.12. The highest BCUT2D eigenvalue weighted by Gasteiger charge is 2.21. The van der Waals surface area contributed by atoms with Crippen LogP contribution in [0.3, 0.4) is 0 Å². The van der Waals surface area contributed by atoms with Crippen molar-refractivity contribution >= 4 is 35.1 Å². The highest BCUT2D eigenvalue weighted by molar-refractivity contribution is 7.98. The molecule has 3 N–H and O–H groups in total. The number of carboxylic acids is 1. The first-order chi connectivity index (χ1) is 11.9. The highest BCUT2D eigenvalue weighted by atomic mass is 32.2. The SMILES string of the molecule is CSCCC(NC(=O)/C(C#N)=C\Nc1cccc(C(C)=O)c1)C(=O)O. The predicted molar refractivity (Wildman–Crippen MR) is 96.3 cm³/mol. The summed E-state index contributed by atoms with van der Waals surface area (Å²) in [5.41, 5.74) is 0.762. The summed E-state index contributed by atoms with van der Waals surface area (Å²) < 4.78 is 0. The lowest BCUT2D eigenvalue weighted by molar-refractivity contribution is -0.141. The molecule has 0 heterocycles. The van der Waals surface area contributed by atoms with E-state index in [9.17, 15) is 14.4 Å². The molecule has 1 atom stereocenters. The molecule has 1 unspecified atom stereocenters. The number of benzene rings is 1. The molecule has 1 aromatic carbocycles. The standard InChI is InChI=1S/C17H19N3O4S/c1-11(21)12-4-3-5-14(8-12)19-10-13(9-18)16(22)20-15(17(23)24)6-7-25-2/h3-5,8,10,15,19H,6-7H2,1-2H3,(H,20,22)(H,23,24)/b13-10-. The van der Waals surface area contributed by atoms with E-state index < -0.39 is 17.9 Å². The first kappa shape index (κ1) is 20.3. The van der Waals surface area contributed by atoms with Crippen LogP contribution < -0.4 is 10.6 Å². The van der Waals surface area contributed by atoms with Crippen molar-refractivity contribution in [3.8, 4) is 6.07 Å². The van der Waals surface area contributed by atoms with E-state index in [4.69, 9.17) is 10.4 Å². The number of hydrogen-bond acceptors (Lipinski definition) is 6. The van der Waals surface area contributed by atoms with Gasteiger partial charge < -0.3 is 15.7 Å². The van der Waals surface area contributed by atoms with Gasteiger partial charge in [-0.05, 0) is 37.5 Å². The Kier molecular flexibility index (Phi) is 8.23. The molecule has 0 spiro atoms. The first-order valence-corrected chi connectivity index (χ1v) is 8.78. The van der Waals surface area contributed by atoms with Crippen LogP contribution in [0.5, 0.6) is 0 Å². The van der Waals surface area contributed by atoms with E-state index in [2.05, 4.69) is 10.6 Å². The number of aliphatic carboxylic acids is 1. The van der Waals surface area contributed by atoms with Gasteiger partial charge in [0, 0.05) is 17.5 Å². The zero-order valence-corrected chi connectivity index (χ0v) is 14.7. The number of carbonyl (C=O) groups excluding carboxylic acids is 2. The number of amides is 1. The van der Waals surface area contributed by atoms with Crippen LogP contribution in [0.25, 0.3) is 0 Å². The number of thioether (sulfide) groups is 1. The summed E-state index contributed by atoms with van der Waals surface area (Å²) in [6.07, 6.45) is 3.28. The first-order valence-electron chi connectivity index (χ1n) is 7.39. The van der Waals surface area contributed by atoms with Gasteiger partial charge in [-0.1, -0.05) is 12.1 Å². The predicted octanol–water partition coefficient (Wildman–Crippen LogP) is 2.03. The van der Waals surface area contributed by atoms with Crippen LogP contribution in [-0.4, -0.2) is 40.8 Å². The van der Waals surface area contributed by atoms with Crippen molar-refractivity contribution in [1.82, 2.24) is 5.32 Å². The molecule has 0 radical (unpaired) electrons. The lowest BCUT2D eigenvalue weighted by atomic mass is 10.1. The number of rotatable bonds is 9. The minimum Gasteiger partial charge on any atom is -0.480 e. The van der Waals surface area contributed by atoms with Crippen LogP contribution >= 0.6 is 11.8 Å². The van der Waals surface area contributed by atoms with Gasteiger partial charge in [-0.15, -0.1) is 0 Å². The van der Waals surface area contributed by atoms with Gasteiger partial charge >= 0.3 is 5.97 Å². The molecule has 0 aliphatic rings. The third-order valence-corrected chi connectivity index (χ3v) is 3.88. The Morgan fingerprint density at radius 2 is 2.12 bits per heavy atom. The van der Waals surface area contributed by atoms with Crippen LogP contribution in [0.2, 0.25) is 0 Å². The van der Waals surface area contributed by atoms with Crippen LogP contribution in [-0.2, 0) is 9.59 Å². The summed E-state index contributed by atoms with van der Waals surface area (Å²) in [5, 5.41) is 23.3. The van der Waals surface area contributed by atoms with E-state index in [1.807, 2.05) is 6.26 Å². The van der Waals surface area contributed by atoms with Crippen LogP contribution in [0.15, 0.2) is 36.0 Å². The fraction of sp³-hybridized carbons (Fsp3) is 0.294. The number of nitriles is 1. The summed E-state index contributed by atoms with van der Waals surface area (Å²) in [4.78, 5) is 34.6. The van der Waals surface area contributed by atoms with E-state index >= 15 is 0 Å². The van der Waals surface area contributed by atoms with Crippen molar-refractivity contribution in [2.75, 3.05) is 17.3 Å². The third-order valence-electron chi connectivity index (χ3n) is 3.23. The minimum absolute atomic E-state index is 0.107. The number of anilines is 1. The van der Waals surface area contributed by atoms with Gasteiger partial charge in [0.2, 0.25) is 0 Å². The van der Waals surface area contributed by atoms with Crippen molar-refractivity contribution in [1.29, 1.82) is 5.26 Å². The zero-order valence-electron chi connectivity index (χ0n) is 13.9. The molecule has 8 heteroatoms. The van der Waals surface area contributed by atoms with Crippen molar-refractivity contribution < 1.29 is 19.5 Å². The quantitative estimate of drug-likeness (QED) is 0.350. The maximum Gasteiger partial charge on any atom is 0.326 e. The third kappa shape index (κ3) is 6.69. The molecule has 1 rings (SSSR count). The lowest BCUT2D eigenvalue weighted by Crippen LogP contribution is -2.41. The van der Waals surface area contributed by atoms with E-state index in [1.165, 1.54) is 24.9 Å². The second-order valence-corrected chi connectivity index (χ2v) is 6.08. The summed E-state index contributed by atoms with van der Waals surface area (Å²) in [6.45, 7) is 1.43. The second-order valence-electron chi connectivity index (χ2n) is 5.10. The van der Waals surface area contributed by atoms with Crippen molar-refractivity contribution in [3.63, 3.8) is 0 Å². The number of nitrogens with one attached hydrogen (secondary N) is 2. The van der Waals surface area contributed by atoms with Gasteiger partial charge in [0.05, 0.1) is 0 Å². The molecule has 0 saturated heterocycles. The van der Waals surface area contributed by atoms with Gasteiger partial charge in [-0.3, -0.25) is 9.59 Å². The monoisotopic (exact) mass is 361 g/mol. The molecular formula is C17H19N3O4S. The largest absolute Gasteiger partial charge is 0.480 e. The van der Waals surface area contributed by atoms with E-state index in [0.29, 0.717) is 17.0 Å². The van der Waals surface area contributed by atoms with E-state index in [0.717, 1.165) is 0 Å². The normalized spacial score (nSPS) is 12.0. The Bertz CT molecular complexity index is 725. The number of hydrogen-bond donors (Lipinski definition) is 3. The summed E-state index contributed by atoms with van der Waals surface area (Å²) in [7, 11) is 0. The number of ketones is 1. The van der Waals surface area contributed by atoms with Gasteiger partial charge in [-0.2, -0.15) is 17.0 Å².